The van der Waals surface area contributed by atoms with E-state index in [2.05, 4.69) is 17.1 Å². The molecule has 3 rings (SSSR count). The molecule has 2 aliphatic heterocycles. The number of rotatable bonds is 6. The minimum absolute atomic E-state index is 0.414. The van der Waals surface area contributed by atoms with Crippen molar-refractivity contribution in [2.45, 2.75) is 38.2 Å². The normalized spacial score (nSPS) is 20.6. The third-order valence-electron chi connectivity index (χ3n) is 5.52. The minimum Gasteiger partial charge on any atom is -0.493 e. The highest BCUT2D eigenvalue weighted by Crippen LogP contribution is 2.26. The minimum atomic E-state index is -0.747. The van der Waals surface area contributed by atoms with Crippen molar-refractivity contribution in [1.82, 2.24) is 10.2 Å². The Hall–Kier alpha value is -1.21. The maximum atomic E-state index is 10.7. The lowest BCUT2D eigenvalue weighted by Crippen LogP contribution is -2.47. The zero-order valence-electron chi connectivity index (χ0n) is 17.0. The lowest BCUT2D eigenvalue weighted by molar-refractivity contribution is -0.0567. The van der Waals surface area contributed by atoms with E-state index in [1.807, 2.05) is 0 Å². The predicted molar refractivity (Wildman–Crippen MR) is 117 cm³/mol. The molecule has 8 heteroatoms. The number of halogens is 2. The standard InChI is InChI=1S/C21H31Cl2N3O3/c1-2-24-20(25-15-21(27)5-9-28-10-6-21)26-7-3-16(4-8-26)14-29-19-12-17(22)11-18(23)13-19/h11-13,16,27H,2-10,14-15H2,1H3,(H,24,25). The molecule has 1 aromatic rings. The van der Waals surface area contributed by atoms with Gasteiger partial charge in [-0.15, -0.1) is 0 Å². The summed E-state index contributed by atoms with van der Waals surface area (Å²) < 4.78 is 11.3. The van der Waals surface area contributed by atoms with E-state index in [-0.39, 0.29) is 0 Å². The number of nitrogens with one attached hydrogen (secondary N) is 1. The number of aliphatic hydroxyl groups is 1. The average molecular weight is 444 g/mol. The number of nitrogens with zero attached hydrogens (tertiary/aromatic N) is 2. The Bertz CT molecular complexity index is 667. The Morgan fingerprint density at radius 1 is 1.24 bits per heavy atom. The van der Waals surface area contributed by atoms with E-state index >= 15 is 0 Å². The fourth-order valence-corrected chi connectivity index (χ4v) is 4.20. The summed E-state index contributed by atoms with van der Waals surface area (Å²) >= 11 is 12.1. The van der Waals surface area contributed by atoms with Gasteiger partial charge < -0.3 is 24.8 Å². The number of hydrogen-bond donors (Lipinski definition) is 2. The van der Waals surface area contributed by atoms with Crippen molar-refractivity contribution in [3.05, 3.63) is 28.2 Å². The van der Waals surface area contributed by atoms with Crippen LogP contribution >= 0.6 is 23.2 Å². The first-order valence-corrected chi connectivity index (χ1v) is 11.2. The second kappa shape index (κ2) is 10.7. The van der Waals surface area contributed by atoms with Crippen molar-refractivity contribution in [1.29, 1.82) is 0 Å². The molecule has 0 aliphatic carbocycles. The number of ether oxygens (including phenoxy) is 2. The van der Waals surface area contributed by atoms with Gasteiger partial charge in [-0.1, -0.05) is 23.2 Å². The van der Waals surface area contributed by atoms with E-state index in [1.54, 1.807) is 18.2 Å². The van der Waals surface area contributed by atoms with Crippen molar-refractivity contribution in [3.8, 4) is 5.75 Å². The van der Waals surface area contributed by atoms with Crippen molar-refractivity contribution < 1.29 is 14.6 Å². The van der Waals surface area contributed by atoms with Crippen LogP contribution in [0, 0.1) is 5.92 Å². The number of benzene rings is 1. The summed E-state index contributed by atoms with van der Waals surface area (Å²) in [4.78, 5) is 7.01. The summed E-state index contributed by atoms with van der Waals surface area (Å²) in [6.07, 6.45) is 3.33. The van der Waals surface area contributed by atoms with Crippen molar-refractivity contribution in [2.24, 2.45) is 10.9 Å². The Labute approximate surface area is 183 Å². The molecule has 6 nitrogen and oxygen atoms in total. The molecule has 2 N–H and O–H groups in total. The van der Waals surface area contributed by atoms with Crippen LogP contribution in [0.4, 0.5) is 0 Å². The zero-order chi connectivity index (χ0) is 20.7. The molecule has 2 saturated heterocycles. The van der Waals surface area contributed by atoms with Crippen molar-refractivity contribution >= 4 is 29.2 Å². The molecule has 0 saturated carbocycles. The summed E-state index contributed by atoms with van der Waals surface area (Å²) in [6.45, 7) is 6.97. The van der Waals surface area contributed by atoms with E-state index < -0.39 is 5.60 Å². The van der Waals surface area contributed by atoms with Crippen LogP contribution < -0.4 is 10.1 Å². The smallest absolute Gasteiger partial charge is 0.194 e. The molecule has 2 heterocycles. The van der Waals surface area contributed by atoms with Crippen LogP contribution in [0.2, 0.25) is 10.0 Å². The van der Waals surface area contributed by atoms with Gasteiger partial charge in [0.25, 0.3) is 0 Å². The maximum Gasteiger partial charge on any atom is 0.194 e. The number of hydrogen-bond acceptors (Lipinski definition) is 4. The summed E-state index contributed by atoms with van der Waals surface area (Å²) in [7, 11) is 0. The highest BCUT2D eigenvalue weighted by molar-refractivity contribution is 6.34. The van der Waals surface area contributed by atoms with Crippen LogP contribution in [0.25, 0.3) is 0 Å². The molecule has 162 valence electrons. The lowest BCUT2D eigenvalue weighted by atomic mass is 9.95. The van der Waals surface area contributed by atoms with Gasteiger partial charge >= 0.3 is 0 Å². The molecule has 1 aromatic carbocycles. The molecule has 0 aromatic heterocycles. The predicted octanol–water partition coefficient (Wildman–Crippen LogP) is 3.59. The van der Waals surface area contributed by atoms with Crippen LogP contribution in [0.3, 0.4) is 0 Å². The molecule has 29 heavy (non-hydrogen) atoms. The van der Waals surface area contributed by atoms with E-state index in [9.17, 15) is 5.11 Å². The van der Waals surface area contributed by atoms with Gasteiger partial charge in [-0.2, -0.15) is 0 Å². The molecule has 0 spiro atoms. The Morgan fingerprint density at radius 3 is 2.52 bits per heavy atom. The van der Waals surface area contributed by atoms with Gasteiger partial charge in [-0.3, -0.25) is 4.99 Å². The summed E-state index contributed by atoms with van der Waals surface area (Å²) in [5, 5.41) is 15.2. The van der Waals surface area contributed by atoms with Crippen LogP contribution in [0.15, 0.2) is 23.2 Å². The van der Waals surface area contributed by atoms with Gasteiger partial charge in [0.2, 0.25) is 0 Å². The second-order valence-electron chi connectivity index (χ2n) is 7.85. The molecular formula is C21H31Cl2N3O3. The molecule has 0 bridgehead atoms. The number of piperidine rings is 1. The van der Waals surface area contributed by atoms with Gasteiger partial charge in [0.1, 0.15) is 5.75 Å². The average Bonchev–Trinajstić information content (AvgIpc) is 2.70. The molecule has 2 aliphatic rings. The van der Waals surface area contributed by atoms with E-state index in [0.717, 1.165) is 38.4 Å². The van der Waals surface area contributed by atoms with Gasteiger partial charge in [-0.25, -0.2) is 0 Å². The third-order valence-corrected chi connectivity index (χ3v) is 5.95. The number of likely N-dealkylation sites (tertiary alicyclic amines) is 1. The van der Waals surface area contributed by atoms with E-state index in [4.69, 9.17) is 37.7 Å². The first-order valence-electron chi connectivity index (χ1n) is 10.4. The molecule has 0 amide bonds. The monoisotopic (exact) mass is 443 g/mol. The fourth-order valence-electron chi connectivity index (χ4n) is 3.69. The largest absolute Gasteiger partial charge is 0.493 e. The van der Waals surface area contributed by atoms with E-state index in [1.165, 1.54) is 0 Å². The number of guanidine groups is 1. The fraction of sp³-hybridized carbons (Fsp3) is 0.667. The molecule has 2 fully saturated rings. The van der Waals surface area contributed by atoms with Crippen molar-refractivity contribution in [2.75, 3.05) is 46.0 Å². The molecule has 0 radical (unpaired) electrons. The van der Waals surface area contributed by atoms with Crippen LogP contribution in [-0.4, -0.2) is 67.6 Å². The quantitative estimate of drug-likeness (QED) is 0.519. The highest BCUT2D eigenvalue weighted by Gasteiger charge is 2.30. The Morgan fingerprint density at radius 2 is 1.90 bits per heavy atom. The molecule has 0 atom stereocenters. The summed E-state index contributed by atoms with van der Waals surface area (Å²) in [5.74, 6) is 2.07. The third kappa shape index (κ3) is 6.92. The van der Waals surface area contributed by atoms with Crippen LogP contribution in [-0.2, 0) is 4.74 Å². The van der Waals surface area contributed by atoms with Gasteiger partial charge in [0, 0.05) is 55.7 Å². The topological polar surface area (TPSA) is 66.3 Å². The van der Waals surface area contributed by atoms with Gasteiger partial charge in [-0.05, 0) is 43.9 Å². The second-order valence-corrected chi connectivity index (χ2v) is 8.73. The summed E-state index contributed by atoms with van der Waals surface area (Å²) in [6, 6.07) is 5.28. The SMILES string of the molecule is CCNC(=NCC1(O)CCOCC1)N1CCC(COc2cc(Cl)cc(Cl)c2)CC1. The van der Waals surface area contributed by atoms with E-state index in [0.29, 0.717) is 60.9 Å². The molecule has 0 unspecified atom stereocenters. The Kier molecular flexibility index (Phi) is 8.30. The van der Waals surface area contributed by atoms with Gasteiger partial charge in [0.15, 0.2) is 5.96 Å². The Balaban J connectivity index is 1.49. The zero-order valence-corrected chi connectivity index (χ0v) is 18.5. The first-order chi connectivity index (χ1) is 14.0. The summed E-state index contributed by atoms with van der Waals surface area (Å²) in [5.41, 5.74) is -0.747. The lowest BCUT2D eigenvalue weighted by Gasteiger charge is -2.35. The molecular weight excluding hydrogens is 413 g/mol. The highest BCUT2D eigenvalue weighted by atomic mass is 35.5. The maximum absolute atomic E-state index is 10.7. The van der Waals surface area contributed by atoms with Crippen LogP contribution in [0.5, 0.6) is 5.75 Å². The van der Waals surface area contributed by atoms with Gasteiger partial charge in [0.05, 0.1) is 18.8 Å². The first kappa shape index (κ1) is 22.5. The van der Waals surface area contributed by atoms with Crippen LogP contribution in [0.1, 0.15) is 32.6 Å². The number of aliphatic imine (C=N–C) groups is 1. The van der Waals surface area contributed by atoms with Crippen molar-refractivity contribution in [3.63, 3.8) is 0 Å².